The van der Waals surface area contributed by atoms with E-state index in [9.17, 15) is 0 Å². The van der Waals surface area contributed by atoms with Crippen LogP contribution in [0.2, 0.25) is 0 Å². The molecule has 1 N–H and O–H groups in total. The zero-order valence-electron chi connectivity index (χ0n) is 12.5. The average molecular weight is 253 g/mol. The van der Waals surface area contributed by atoms with Gasteiger partial charge < -0.3 is 10.2 Å². The molecule has 2 aliphatic rings. The van der Waals surface area contributed by atoms with E-state index < -0.39 is 0 Å². The van der Waals surface area contributed by atoms with E-state index in [2.05, 4.69) is 35.9 Å². The van der Waals surface area contributed by atoms with E-state index in [1.165, 1.54) is 58.4 Å². The van der Waals surface area contributed by atoms with Gasteiger partial charge in [0.15, 0.2) is 0 Å². The summed E-state index contributed by atoms with van der Waals surface area (Å²) in [5, 5.41) is 3.71. The van der Waals surface area contributed by atoms with Gasteiger partial charge in [0.05, 0.1) is 0 Å². The molecule has 0 aromatic rings. The fourth-order valence-electron chi connectivity index (χ4n) is 3.65. The van der Waals surface area contributed by atoms with Gasteiger partial charge in [-0.2, -0.15) is 0 Å². The zero-order chi connectivity index (χ0) is 13.0. The lowest BCUT2D eigenvalue weighted by Crippen LogP contribution is -2.50. The van der Waals surface area contributed by atoms with Gasteiger partial charge in [0.2, 0.25) is 0 Å². The number of likely N-dealkylation sites (tertiary alicyclic amines) is 2. The Hall–Kier alpha value is -0.120. The van der Waals surface area contributed by atoms with Crippen LogP contribution < -0.4 is 5.32 Å². The maximum Gasteiger partial charge on any atom is 0.0223 e. The summed E-state index contributed by atoms with van der Waals surface area (Å²) < 4.78 is 0. The maximum atomic E-state index is 3.71. The smallest absolute Gasteiger partial charge is 0.0223 e. The van der Waals surface area contributed by atoms with Crippen molar-refractivity contribution in [3.05, 3.63) is 0 Å². The van der Waals surface area contributed by atoms with Gasteiger partial charge in [0.1, 0.15) is 0 Å². The van der Waals surface area contributed by atoms with E-state index in [0.29, 0.717) is 6.04 Å². The van der Waals surface area contributed by atoms with E-state index in [1.54, 1.807) is 0 Å². The predicted octanol–water partition coefficient (Wildman–Crippen LogP) is 1.93. The molecule has 2 unspecified atom stereocenters. The third-order valence-corrected chi connectivity index (χ3v) is 4.45. The lowest BCUT2D eigenvalue weighted by molar-refractivity contribution is 0.136. The Kier molecular flexibility index (Phi) is 5.46. The number of hydrogen-bond donors (Lipinski definition) is 1. The summed E-state index contributed by atoms with van der Waals surface area (Å²) in [6, 6.07) is 2.16. The highest BCUT2D eigenvalue weighted by Crippen LogP contribution is 2.19. The van der Waals surface area contributed by atoms with Crippen molar-refractivity contribution in [3.63, 3.8) is 0 Å². The third kappa shape index (κ3) is 3.94. The minimum Gasteiger partial charge on any atom is -0.311 e. The van der Waals surface area contributed by atoms with Crippen LogP contribution >= 0.6 is 0 Å². The van der Waals surface area contributed by atoms with Gasteiger partial charge >= 0.3 is 0 Å². The third-order valence-electron chi connectivity index (χ3n) is 4.45. The van der Waals surface area contributed by atoms with Crippen LogP contribution in [-0.4, -0.2) is 60.6 Å². The molecule has 3 heteroatoms. The van der Waals surface area contributed by atoms with Gasteiger partial charge in [-0.05, 0) is 45.3 Å². The van der Waals surface area contributed by atoms with Gasteiger partial charge in [-0.25, -0.2) is 0 Å². The number of likely N-dealkylation sites (N-methyl/N-ethyl adjacent to an activating group) is 1. The molecule has 2 aliphatic heterocycles. The first kappa shape index (κ1) is 14.3. The van der Waals surface area contributed by atoms with E-state index in [1.807, 2.05) is 0 Å². The lowest BCUT2D eigenvalue weighted by Gasteiger charge is -2.37. The summed E-state index contributed by atoms with van der Waals surface area (Å²) in [4.78, 5) is 5.36. The van der Waals surface area contributed by atoms with Gasteiger partial charge in [-0.3, -0.25) is 4.90 Å². The van der Waals surface area contributed by atoms with E-state index in [4.69, 9.17) is 0 Å². The number of nitrogens with zero attached hydrogens (tertiary/aromatic N) is 2. The second-order valence-electron chi connectivity index (χ2n) is 6.34. The van der Waals surface area contributed by atoms with Gasteiger partial charge in [0, 0.05) is 31.2 Å². The summed E-state index contributed by atoms with van der Waals surface area (Å²) in [5.74, 6) is 0. The Morgan fingerprint density at radius 2 is 1.94 bits per heavy atom. The Bertz CT molecular complexity index is 242. The minimum absolute atomic E-state index is 0.619. The van der Waals surface area contributed by atoms with E-state index in [-0.39, 0.29) is 0 Å². The molecule has 0 aromatic heterocycles. The van der Waals surface area contributed by atoms with Gasteiger partial charge in [-0.15, -0.1) is 0 Å². The number of rotatable bonds is 5. The molecule has 0 spiro atoms. The standard InChI is InChI=1S/C15H31N3/c1-4-18-10-6-8-15(18)12-17-9-5-7-14(11-17)16-13(2)3/h13-16H,4-12H2,1-3H3. The Morgan fingerprint density at radius 3 is 2.67 bits per heavy atom. The van der Waals surface area contributed by atoms with Crippen LogP contribution in [0.1, 0.15) is 46.5 Å². The van der Waals surface area contributed by atoms with Crippen molar-refractivity contribution in [2.45, 2.75) is 64.6 Å². The second-order valence-corrected chi connectivity index (χ2v) is 6.34. The van der Waals surface area contributed by atoms with Crippen molar-refractivity contribution in [3.8, 4) is 0 Å². The van der Waals surface area contributed by atoms with Crippen molar-refractivity contribution >= 4 is 0 Å². The summed E-state index contributed by atoms with van der Waals surface area (Å²) in [7, 11) is 0. The molecule has 3 nitrogen and oxygen atoms in total. The molecule has 106 valence electrons. The average Bonchev–Trinajstić information content (AvgIpc) is 2.76. The van der Waals surface area contributed by atoms with Crippen LogP contribution in [0.25, 0.3) is 0 Å². The molecule has 0 aromatic carbocycles. The number of hydrogen-bond acceptors (Lipinski definition) is 3. The van der Waals surface area contributed by atoms with Crippen LogP contribution in [0.15, 0.2) is 0 Å². The molecule has 2 rings (SSSR count). The summed E-state index contributed by atoms with van der Waals surface area (Å²) in [6.45, 7) is 13.2. The molecule has 0 bridgehead atoms. The Morgan fingerprint density at radius 1 is 1.17 bits per heavy atom. The second kappa shape index (κ2) is 6.88. The quantitative estimate of drug-likeness (QED) is 0.808. The van der Waals surface area contributed by atoms with Gasteiger partial charge in [0.25, 0.3) is 0 Å². The van der Waals surface area contributed by atoms with Crippen LogP contribution in [-0.2, 0) is 0 Å². The van der Waals surface area contributed by atoms with Crippen molar-refractivity contribution in [2.24, 2.45) is 0 Å². The first-order valence-electron chi connectivity index (χ1n) is 7.91. The maximum absolute atomic E-state index is 3.71. The molecular formula is C15H31N3. The number of piperidine rings is 1. The van der Waals surface area contributed by atoms with Crippen molar-refractivity contribution in [1.29, 1.82) is 0 Å². The summed E-state index contributed by atoms with van der Waals surface area (Å²) in [6.07, 6.45) is 5.53. The first-order valence-corrected chi connectivity index (χ1v) is 7.91. The molecule has 2 atom stereocenters. The van der Waals surface area contributed by atoms with Crippen molar-refractivity contribution in [2.75, 3.05) is 32.7 Å². The minimum atomic E-state index is 0.619. The molecule has 0 saturated carbocycles. The fraction of sp³-hybridized carbons (Fsp3) is 1.00. The molecular weight excluding hydrogens is 222 g/mol. The largest absolute Gasteiger partial charge is 0.311 e. The SMILES string of the molecule is CCN1CCCC1CN1CCCC(NC(C)C)C1. The summed E-state index contributed by atoms with van der Waals surface area (Å²) in [5.41, 5.74) is 0. The van der Waals surface area contributed by atoms with Crippen LogP contribution in [0, 0.1) is 0 Å². The van der Waals surface area contributed by atoms with E-state index >= 15 is 0 Å². The van der Waals surface area contributed by atoms with Gasteiger partial charge in [-0.1, -0.05) is 20.8 Å². The van der Waals surface area contributed by atoms with Crippen molar-refractivity contribution in [1.82, 2.24) is 15.1 Å². The highest BCUT2D eigenvalue weighted by atomic mass is 15.2. The van der Waals surface area contributed by atoms with E-state index in [0.717, 1.165) is 12.1 Å². The van der Waals surface area contributed by atoms with Crippen LogP contribution in [0.5, 0.6) is 0 Å². The van der Waals surface area contributed by atoms with Crippen LogP contribution in [0.4, 0.5) is 0 Å². The molecule has 18 heavy (non-hydrogen) atoms. The Labute approximate surface area is 113 Å². The first-order chi connectivity index (χ1) is 8.69. The molecule has 2 heterocycles. The molecule has 2 fully saturated rings. The Balaban J connectivity index is 1.78. The molecule has 0 amide bonds. The molecule has 0 radical (unpaired) electrons. The topological polar surface area (TPSA) is 18.5 Å². The fourth-order valence-corrected chi connectivity index (χ4v) is 3.65. The zero-order valence-corrected chi connectivity index (χ0v) is 12.5. The summed E-state index contributed by atoms with van der Waals surface area (Å²) >= 11 is 0. The normalized spacial score (nSPS) is 31.3. The monoisotopic (exact) mass is 253 g/mol. The lowest BCUT2D eigenvalue weighted by atomic mass is 10.0. The predicted molar refractivity (Wildman–Crippen MR) is 78.0 cm³/mol. The molecule has 2 saturated heterocycles. The number of nitrogens with one attached hydrogen (secondary N) is 1. The van der Waals surface area contributed by atoms with Crippen LogP contribution in [0.3, 0.4) is 0 Å². The highest BCUT2D eigenvalue weighted by Gasteiger charge is 2.27. The molecule has 0 aliphatic carbocycles. The highest BCUT2D eigenvalue weighted by molar-refractivity contribution is 4.85. The van der Waals surface area contributed by atoms with Crippen molar-refractivity contribution < 1.29 is 0 Å².